The van der Waals surface area contributed by atoms with Gasteiger partial charge in [-0.1, -0.05) is 13.8 Å². The highest BCUT2D eigenvalue weighted by Gasteiger charge is 2.65. The molecule has 1 fully saturated rings. The average molecular weight is 320 g/mol. The van der Waals surface area contributed by atoms with Gasteiger partial charge in [-0.3, -0.25) is 14.4 Å². The van der Waals surface area contributed by atoms with Crippen molar-refractivity contribution in [1.82, 2.24) is 5.32 Å². The van der Waals surface area contributed by atoms with Crippen LogP contribution < -0.4 is 15.4 Å². The number of carbonyl (C=O) groups excluding carboxylic acids is 2. The van der Waals surface area contributed by atoms with Crippen molar-refractivity contribution in [3.05, 3.63) is 23.8 Å². The van der Waals surface area contributed by atoms with Gasteiger partial charge in [-0.05, 0) is 23.6 Å². The van der Waals surface area contributed by atoms with Crippen LogP contribution in [0.3, 0.4) is 0 Å². The Morgan fingerprint density at radius 1 is 1.22 bits per heavy atom. The summed E-state index contributed by atoms with van der Waals surface area (Å²) < 4.78 is 5.18. The molecule has 2 amide bonds. The van der Waals surface area contributed by atoms with E-state index in [1.807, 2.05) is 0 Å². The van der Waals surface area contributed by atoms with E-state index in [0.717, 1.165) is 0 Å². The van der Waals surface area contributed by atoms with Crippen LogP contribution in [0.15, 0.2) is 18.2 Å². The normalized spacial score (nSPS) is 21.2. The van der Waals surface area contributed by atoms with E-state index in [9.17, 15) is 14.4 Å². The standard InChI is InChI=1S/C16H20N2O5/c1-16(2)11(12(16)15(21)22)14(20)18-9-7-8(13(19)17-3)5-6-10(9)23-4/h5-7,11-12H,1-4H3,(H,17,19)(H,18,20)(H,21,22)/t11-,12+/m0/s1. The van der Waals surface area contributed by atoms with Gasteiger partial charge in [-0.2, -0.15) is 0 Å². The van der Waals surface area contributed by atoms with Crippen molar-refractivity contribution in [2.24, 2.45) is 17.3 Å². The SMILES string of the molecule is CNC(=O)c1ccc(OC)c(NC(=O)[C@@H]2[C@H](C(=O)O)C2(C)C)c1. The Morgan fingerprint density at radius 3 is 2.35 bits per heavy atom. The molecule has 0 heterocycles. The second-order valence-corrected chi connectivity index (χ2v) is 6.10. The Bertz CT molecular complexity index is 668. The van der Waals surface area contributed by atoms with Crippen LogP contribution in [0.5, 0.6) is 5.75 Å². The summed E-state index contributed by atoms with van der Waals surface area (Å²) in [5, 5.41) is 14.3. The van der Waals surface area contributed by atoms with Gasteiger partial charge < -0.3 is 20.5 Å². The minimum absolute atomic E-state index is 0.293. The van der Waals surface area contributed by atoms with Crippen molar-refractivity contribution >= 4 is 23.5 Å². The molecule has 1 saturated carbocycles. The first-order valence-electron chi connectivity index (χ1n) is 7.17. The number of carboxylic acid groups (broad SMARTS) is 1. The number of hydrogen-bond donors (Lipinski definition) is 3. The first-order valence-corrected chi connectivity index (χ1v) is 7.17. The molecule has 124 valence electrons. The summed E-state index contributed by atoms with van der Waals surface area (Å²) in [5.41, 5.74) is 0.112. The third kappa shape index (κ3) is 2.99. The molecule has 0 saturated heterocycles. The van der Waals surface area contributed by atoms with Gasteiger partial charge in [0.1, 0.15) is 5.75 Å². The van der Waals surface area contributed by atoms with E-state index < -0.39 is 29.1 Å². The van der Waals surface area contributed by atoms with Gasteiger partial charge in [-0.15, -0.1) is 0 Å². The van der Waals surface area contributed by atoms with Crippen molar-refractivity contribution in [2.75, 3.05) is 19.5 Å². The predicted octanol–water partition coefficient (Wildman–Crippen LogP) is 1.35. The number of amides is 2. The maximum Gasteiger partial charge on any atom is 0.307 e. The minimum atomic E-state index is -0.985. The topological polar surface area (TPSA) is 105 Å². The first kappa shape index (κ1) is 16.8. The number of hydrogen-bond acceptors (Lipinski definition) is 4. The summed E-state index contributed by atoms with van der Waals surface area (Å²) in [6, 6.07) is 4.65. The van der Waals surface area contributed by atoms with Crippen LogP contribution in [-0.4, -0.2) is 37.0 Å². The molecule has 0 radical (unpaired) electrons. The molecule has 2 rings (SSSR count). The van der Waals surface area contributed by atoms with Crippen LogP contribution in [0.4, 0.5) is 5.69 Å². The Hall–Kier alpha value is -2.57. The molecule has 0 spiro atoms. The van der Waals surface area contributed by atoms with Crippen LogP contribution in [-0.2, 0) is 9.59 Å². The van der Waals surface area contributed by atoms with Crippen molar-refractivity contribution in [3.63, 3.8) is 0 Å². The highest BCUT2D eigenvalue weighted by atomic mass is 16.5. The number of ether oxygens (including phenoxy) is 1. The largest absolute Gasteiger partial charge is 0.495 e. The molecule has 1 aliphatic carbocycles. The first-order chi connectivity index (χ1) is 10.7. The third-order valence-corrected chi connectivity index (χ3v) is 4.32. The van der Waals surface area contributed by atoms with Gasteiger partial charge in [-0.25, -0.2) is 0 Å². The molecule has 0 unspecified atom stereocenters. The number of nitrogens with one attached hydrogen (secondary N) is 2. The van der Waals surface area contributed by atoms with Gasteiger partial charge in [0.05, 0.1) is 24.6 Å². The molecule has 0 bridgehead atoms. The molecule has 3 N–H and O–H groups in total. The molecular weight excluding hydrogens is 300 g/mol. The number of aliphatic carboxylic acids is 1. The molecular formula is C16H20N2O5. The van der Waals surface area contributed by atoms with Crippen LogP contribution >= 0.6 is 0 Å². The number of carbonyl (C=O) groups is 3. The molecule has 7 heteroatoms. The van der Waals surface area contributed by atoms with E-state index in [2.05, 4.69) is 10.6 Å². The van der Waals surface area contributed by atoms with E-state index in [4.69, 9.17) is 9.84 Å². The Balaban J connectivity index is 2.24. The maximum absolute atomic E-state index is 12.4. The van der Waals surface area contributed by atoms with Crippen LogP contribution in [0.2, 0.25) is 0 Å². The Kier molecular flexibility index (Phi) is 4.31. The van der Waals surface area contributed by atoms with Gasteiger partial charge in [0.2, 0.25) is 5.91 Å². The third-order valence-electron chi connectivity index (χ3n) is 4.32. The Morgan fingerprint density at radius 2 is 1.87 bits per heavy atom. The zero-order chi connectivity index (χ0) is 17.4. The molecule has 23 heavy (non-hydrogen) atoms. The fraction of sp³-hybridized carbons (Fsp3) is 0.438. The minimum Gasteiger partial charge on any atom is -0.495 e. The summed E-state index contributed by atoms with van der Waals surface area (Å²) in [5.74, 6) is -2.60. The van der Waals surface area contributed by atoms with Crippen LogP contribution in [0.1, 0.15) is 24.2 Å². The lowest BCUT2D eigenvalue weighted by molar-refractivity contribution is -0.140. The molecule has 1 aliphatic rings. The lowest BCUT2D eigenvalue weighted by atomic mass is 10.1. The van der Waals surface area contributed by atoms with E-state index >= 15 is 0 Å². The quantitative estimate of drug-likeness (QED) is 0.759. The second kappa shape index (κ2) is 5.91. The number of benzene rings is 1. The molecule has 1 aromatic rings. The highest BCUT2D eigenvalue weighted by Crippen LogP contribution is 2.58. The lowest BCUT2D eigenvalue weighted by Crippen LogP contribution is -2.20. The molecule has 2 atom stereocenters. The zero-order valence-electron chi connectivity index (χ0n) is 13.5. The van der Waals surface area contributed by atoms with Crippen LogP contribution in [0, 0.1) is 17.3 Å². The van der Waals surface area contributed by atoms with Crippen molar-refractivity contribution in [3.8, 4) is 5.75 Å². The molecule has 7 nitrogen and oxygen atoms in total. The van der Waals surface area contributed by atoms with Crippen molar-refractivity contribution < 1.29 is 24.2 Å². The van der Waals surface area contributed by atoms with Gasteiger partial charge in [0.15, 0.2) is 0 Å². The summed E-state index contributed by atoms with van der Waals surface area (Å²) in [6.45, 7) is 3.49. The highest BCUT2D eigenvalue weighted by molar-refractivity contribution is 6.02. The Labute approximate surface area is 134 Å². The maximum atomic E-state index is 12.4. The molecule has 1 aromatic carbocycles. The van der Waals surface area contributed by atoms with Gasteiger partial charge >= 0.3 is 5.97 Å². The summed E-state index contributed by atoms with van der Waals surface area (Å²) in [7, 11) is 2.96. The van der Waals surface area contributed by atoms with E-state index in [0.29, 0.717) is 17.0 Å². The van der Waals surface area contributed by atoms with Crippen LogP contribution in [0.25, 0.3) is 0 Å². The van der Waals surface area contributed by atoms with Crippen molar-refractivity contribution in [2.45, 2.75) is 13.8 Å². The molecule has 0 aliphatic heterocycles. The lowest BCUT2D eigenvalue weighted by Gasteiger charge is -2.12. The van der Waals surface area contributed by atoms with E-state index in [1.54, 1.807) is 26.0 Å². The number of anilines is 1. The summed E-state index contributed by atoms with van der Waals surface area (Å²) >= 11 is 0. The monoisotopic (exact) mass is 320 g/mol. The average Bonchev–Trinajstić information content (AvgIpc) is 3.09. The van der Waals surface area contributed by atoms with E-state index in [-0.39, 0.29) is 5.91 Å². The zero-order valence-corrected chi connectivity index (χ0v) is 13.5. The second-order valence-electron chi connectivity index (χ2n) is 6.10. The smallest absolute Gasteiger partial charge is 0.307 e. The number of carboxylic acids is 1. The fourth-order valence-corrected chi connectivity index (χ4v) is 2.89. The van der Waals surface area contributed by atoms with E-state index in [1.165, 1.54) is 20.2 Å². The summed E-state index contributed by atoms with van der Waals surface area (Å²) in [4.78, 5) is 35.3. The predicted molar refractivity (Wildman–Crippen MR) is 83.4 cm³/mol. The van der Waals surface area contributed by atoms with Crippen molar-refractivity contribution in [1.29, 1.82) is 0 Å². The fourth-order valence-electron chi connectivity index (χ4n) is 2.89. The summed E-state index contributed by atoms with van der Waals surface area (Å²) in [6.07, 6.45) is 0. The van der Waals surface area contributed by atoms with Gasteiger partial charge in [0.25, 0.3) is 5.91 Å². The van der Waals surface area contributed by atoms with Gasteiger partial charge in [0, 0.05) is 12.6 Å². The number of methoxy groups -OCH3 is 1. The number of rotatable bonds is 5. The molecule has 0 aromatic heterocycles.